The zero-order chi connectivity index (χ0) is 14.1. The van der Waals surface area contributed by atoms with E-state index in [2.05, 4.69) is 49.0 Å². The highest BCUT2D eigenvalue weighted by atomic mass is 32.2. The number of rotatable bonds is 10. The van der Waals surface area contributed by atoms with Gasteiger partial charge in [-0.25, -0.2) is 0 Å². The van der Waals surface area contributed by atoms with Gasteiger partial charge in [-0.15, -0.1) is 0 Å². The molecule has 2 unspecified atom stereocenters. The van der Waals surface area contributed by atoms with Crippen LogP contribution < -0.4 is 5.32 Å². The SMILES string of the molecule is CCCNC(CCc1ccnn1C)CSC(C)CC. The molecule has 0 saturated carbocycles. The van der Waals surface area contributed by atoms with E-state index in [9.17, 15) is 0 Å². The van der Waals surface area contributed by atoms with E-state index in [4.69, 9.17) is 0 Å². The molecule has 0 fully saturated rings. The summed E-state index contributed by atoms with van der Waals surface area (Å²) in [5, 5.41) is 8.68. The Morgan fingerprint density at radius 1 is 1.42 bits per heavy atom. The van der Waals surface area contributed by atoms with Crippen LogP contribution in [0.25, 0.3) is 0 Å². The standard InChI is InChI=1S/C15H29N3S/c1-5-10-16-14(12-19-13(3)6-2)7-8-15-9-11-17-18(15)4/h9,11,13-14,16H,5-8,10,12H2,1-4H3. The molecular weight excluding hydrogens is 254 g/mol. The molecule has 0 aliphatic rings. The van der Waals surface area contributed by atoms with Crippen LogP contribution in [0.2, 0.25) is 0 Å². The Morgan fingerprint density at radius 3 is 2.79 bits per heavy atom. The largest absolute Gasteiger partial charge is 0.313 e. The summed E-state index contributed by atoms with van der Waals surface area (Å²) in [4.78, 5) is 0. The van der Waals surface area contributed by atoms with Crippen molar-refractivity contribution < 1.29 is 0 Å². The van der Waals surface area contributed by atoms with Crippen molar-refractivity contribution in [3.63, 3.8) is 0 Å². The number of nitrogens with zero attached hydrogens (tertiary/aromatic N) is 2. The van der Waals surface area contributed by atoms with E-state index in [-0.39, 0.29) is 0 Å². The van der Waals surface area contributed by atoms with Crippen LogP contribution in [0.1, 0.15) is 45.7 Å². The highest BCUT2D eigenvalue weighted by molar-refractivity contribution is 7.99. The van der Waals surface area contributed by atoms with Gasteiger partial charge in [0.05, 0.1) is 0 Å². The minimum Gasteiger partial charge on any atom is -0.313 e. The van der Waals surface area contributed by atoms with Gasteiger partial charge in [0, 0.05) is 36.0 Å². The van der Waals surface area contributed by atoms with Crippen LogP contribution in [0.15, 0.2) is 12.3 Å². The second-order valence-corrected chi connectivity index (χ2v) is 6.66. The maximum Gasteiger partial charge on any atom is 0.0492 e. The summed E-state index contributed by atoms with van der Waals surface area (Å²) in [6.45, 7) is 7.94. The maximum absolute atomic E-state index is 4.24. The molecule has 1 aromatic heterocycles. The fourth-order valence-corrected chi connectivity index (χ4v) is 3.04. The Balaban J connectivity index is 2.38. The quantitative estimate of drug-likeness (QED) is 0.715. The molecule has 3 nitrogen and oxygen atoms in total. The van der Waals surface area contributed by atoms with E-state index in [1.807, 2.05) is 17.9 Å². The van der Waals surface area contributed by atoms with E-state index in [1.165, 1.54) is 30.7 Å². The molecule has 0 aliphatic heterocycles. The molecule has 1 aromatic rings. The topological polar surface area (TPSA) is 29.9 Å². The van der Waals surface area contributed by atoms with Crippen molar-refractivity contribution in [1.29, 1.82) is 0 Å². The number of thioether (sulfide) groups is 1. The van der Waals surface area contributed by atoms with E-state index >= 15 is 0 Å². The molecule has 19 heavy (non-hydrogen) atoms. The van der Waals surface area contributed by atoms with Crippen molar-refractivity contribution in [2.75, 3.05) is 12.3 Å². The Labute approximate surface area is 122 Å². The molecule has 1 rings (SSSR count). The third kappa shape index (κ3) is 6.48. The van der Waals surface area contributed by atoms with Gasteiger partial charge >= 0.3 is 0 Å². The molecule has 1 N–H and O–H groups in total. The summed E-state index contributed by atoms with van der Waals surface area (Å²) in [6.07, 6.45) is 6.66. The maximum atomic E-state index is 4.24. The molecule has 1 heterocycles. The second kappa shape index (κ2) is 9.43. The van der Waals surface area contributed by atoms with Gasteiger partial charge in [-0.2, -0.15) is 16.9 Å². The minimum absolute atomic E-state index is 0.619. The molecule has 4 heteroatoms. The van der Waals surface area contributed by atoms with Crippen LogP contribution in [0.3, 0.4) is 0 Å². The summed E-state index contributed by atoms with van der Waals surface area (Å²) in [5.41, 5.74) is 1.33. The van der Waals surface area contributed by atoms with Crippen LogP contribution >= 0.6 is 11.8 Å². The average Bonchev–Trinajstić information content (AvgIpc) is 2.83. The van der Waals surface area contributed by atoms with Gasteiger partial charge in [-0.3, -0.25) is 4.68 Å². The monoisotopic (exact) mass is 283 g/mol. The van der Waals surface area contributed by atoms with Gasteiger partial charge in [-0.1, -0.05) is 20.8 Å². The number of aromatic nitrogens is 2. The third-order valence-corrected chi connectivity index (χ3v) is 5.01. The first-order valence-electron chi connectivity index (χ1n) is 7.49. The fourth-order valence-electron chi connectivity index (χ4n) is 1.96. The molecule has 0 spiro atoms. The van der Waals surface area contributed by atoms with Crippen molar-refractivity contribution >= 4 is 11.8 Å². The third-order valence-electron chi connectivity index (χ3n) is 3.51. The summed E-state index contributed by atoms with van der Waals surface area (Å²) >= 11 is 2.09. The first kappa shape index (κ1) is 16.6. The molecular formula is C15H29N3S. The van der Waals surface area contributed by atoms with E-state index in [0.29, 0.717) is 6.04 Å². The second-order valence-electron chi connectivity index (χ2n) is 5.19. The Morgan fingerprint density at radius 2 is 2.21 bits per heavy atom. The summed E-state index contributed by atoms with van der Waals surface area (Å²) in [6, 6.07) is 2.74. The molecule has 0 saturated heterocycles. The predicted molar refractivity (Wildman–Crippen MR) is 85.8 cm³/mol. The lowest BCUT2D eigenvalue weighted by molar-refractivity contribution is 0.511. The normalized spacial score (nSPS) is 14.5. The smallest absolute Gasteiger partial charge is 0.0492 e. The lowest BCUT2D eigenvalue weighted by Crippen LogP contribution is -2.33. The molecule has 0 amide bonds. The Bertz CT molecular complexity index is 338. The van der Waals surface area contributed by atoms with Gasteiger partial charge < -0.3 is 5.32 Å². The lowest BCUT2D eigenvalue weighted by Gasteiger charge is -2.20. The van der Waals surface area contributed by atoms with E-state index in [0.717, 1.165) is 18.2 Å². The van der Waals surface area contributed by atoms with Crippen LogP contribution in [0, 0.1) is 0 Å². The first-order valence-corrected chi connectivity index (χ1v) is 8.54. The summed E-state index contributed by atoms with van der Waals surface area (Å²) in [7, 11) is 2.03. The van der Waals surface area contributed by atoms with Crippen LogP contribution in [0.4, 0.5) is 0 Å². The summed E-state index contributed by atoms with van der Waals surface area (Å²) in [5.74, 6) is 1.22. The first-order chi connectivity index (χ1) is 9.17. The zero-order valence-electron chi connectivity index (χ0n) is 12.9. The predicted octanol–water partition coefficient (Wildman–Crippen LogP) is 3.25. The molecule has 0 bridgehead atoms. The van der Waals surface area contributed by atoms with E-state index in [1.54, 1.807) is 0 Å². The highest BCUT2D eigenvalue weighted by Crippen LogP contribution is 2.17. The van der Waals surface area contributed by atoms with Crippen molar-refractivity contribution in [3.05, 3.63) is 18.0 Å². The van der Waals surface area contributed by atoms with Crippen LogP contribution in [0.5, 0.6) is 0 Å². The summed E-state index contributed by atoms with van der Waals surface area (Å²) < 4.78 is 1.98. The molecule has 0 aromatic carbocycles. The van der Waals surface area contributed by atoms with Gasteiger partial charge in [-0.05, 0) is 38.3 Å². The van der Waals surface area contributed by atoms with Crippen molar-refractivity contribution in [3.8, 4) is 0 Å². The number of nitrogens with one attached hydrogen (secondary N) is 1. The molecule has 0 aliphatic carbocycles. The zero-order valence-corrected chi connectivity index (χ0v) is 13.7. The lowest BCUT2D eigenvalue weighted by atomic mass is 10.1. The van der Waals surface area contributed by atoms with Crippen molar-refractivity contribution in [1.82, 2.24) is 15.1 Å². The van der Waals surface area contributed by atoms with Gasteiger partial charge in [0.1, 0.15) is 0 Å². The number of aryl methyl sites for hydroxylation is 2. The fraction of sp³-hybridized carbons (Fsp3) is 0.800. The van der Waals surface area contributed by atoms with Gasteiger partial charge in [0.15, 0.2) is 0 Å². The van der Waals surface area contributed by atoms with Crippen molar-refractivity contribution in [2.24, 2.45) is 7.05 Å². The average molecular weight is 283 g/mol. The highest BCUT2D eigenvalue weighted by Gasteiger charge is 2.11. The van der Waals surface area contributed by atoms with E-state index < -0.39 is 0 Å². The molecule has 2 atom stereocenters. The molecule has 110 valence electrons. The van der Waals surface area contributed by atoms with Crippen LogP contribution in [-0.2, 0) is 13.5 Å². The number of hydrogen-bond acceptors (Lipinski definition) is 3. The number of hydrogen-bond donors (Lipinski definition) is 1. The van der Waals surface area contributed by atoms with Crippen molar-refractivity contribution in [2.45, 2.75) is 57.7 Å². The van der Waals surface area contributed by atoms with Gasteiger partial charge in [0.2, 0.25) is 0 Å². The Hall–Kier alpha value is -0.480. The molecule has 0 radical (unpaired) electrons. The van der Waals surface area contributed by atoms with Crippen LogP contribution in [-0.4, -0.2) is 33.4 Å². The Kier molecular flexibility index (Phi) is 8.22. The van der Waals surface area contributed by atoms with Gasteiger partial charge in [0.25, 0.3) is 0 Å². The minimum atomic E-state index is 0.619.